The maximum Gasteiger partial charge on any atom is 0.121 e. The van der Waals surface area contributed by atoms with Crippen LogP contribution in [0.4, 0.5) is 0 Å². The van der Waals surface area contributed by atoms with Crippen LogP contribution in [0.15, 0.2) is 47.2 Å². The van der Waals surface area contributed by atoms with Gasteiger partial charge < -0.3 is 11.1 Å². The van der Waals surface area contributed by atoms with Crippen molar-refractivity contribution in [1.82, 2.24) is 5.32 Å². The minimum absolute atomic E-state index is 0.546. The van der Waals surface area contributed by atoms with E-state index in [9.17, 15) is 0 Å². The third-order valence-corrected chi connectivity index (χ3v) is 2.10. The van der Waals surface area contributed by atoms with Gasteiger partial charge >= 0.3 is 0 Å². The van der Waals surface area contributed by atoms with Gasteiger partial charge in [0.2, 0.25) is 0 Å². The number of nitrogens with one attached hydrogen (secondary N) is 1. The quantitative estimate of drug-likeness (QED) is 0.496. The zero-order chi connectivity index (χ0) is 10.9. The van der Waals surface area contributed by atoms with Gasteiger partial charge in [0.1, 0.15) is 5.82 Å². The molecule has 0 amide bonds. The first-order chi connectivity index (χ1) is 7.33. The van der Waals surface area contributed by atoms with Crippen molar-refractivity contribution in [3.8, 4) is 0 Å². The third kappa shape index (κ3) is 5.54. The standard InChI is InChI=1S/C11H14IN3/c12-9-15-11(13)6-7-14-8-10-4-2-1-3-5-10/h1-6,9,14H,7-8,13H2/b11-6-,15-9-. The molecule has 0 aromatic heterocycles. The molecule has 3 nitrogen and oxygen atoms in total. The molecule has 1 rings (SSSR count). The fourth-order valence-electron chi connectivity index (χ4n) is 1.10. The topological polar surface area (TPSA) is 50.4 Å². The Kier molecular flexibility index (Phi) is 6.03. The van der Waals surface area contributed by atoms with E-state index in [4.69, 9.17) is 5.73 Å². The molecule has 0 saturated carbocycles. The van der Waals surface area contributed by atoms with Gasteiger partial charge in [-0.1, -0.05) is 30.3 Å². The second kappa shape index (κ2) is 7.42. The van der Waals surface area contributed by atoms with Crippen LogP contribution < -0.4 is 11.1 Å². The highest BCUT2D eigenvalue weighted by Gasteiger charge is 1.89. The van der Waals surface area contributed by atoms with E-state index in [-0.39, 0.29) is 0 Å². The molecule has 15 heavy (non-hydrogen) atoms. The summed E-state index contributed by atoms with van der Waals surface area (Å²) in [5.41, 5.74) is 6.85. The van der Waals surface area contributed by atoms with Crippen molar-refractivity contribution in [3.63, 3.8) is 0 Å². The molecular formula is C11H14IN3. The molecule has 3 N–H and O–H groups in total. The summed E-state index contributed by atoms with van der Waals surface area (Å²) in [5.74, 6) is 0.546. The van der Waals surface area contributed by atoms with Crippen LogP contribution in [0.3, 0.4) is 0 Å². The lowest BCUT2D eigenvalue weighted by Gasteiger charge is -2.01. The van der Waals surface area contributed by atoms with Crippen LogP contribution >= 0.6 is 22.6 Å². The smallest absolute Gasteiger partial charge is 0.121 e. The first kappa shape index (κ1) is 12.2. The van der Waals surface area contributed by atoms with Crippen molar-refractivity contribution in [1.29, 1.82) is 0 Å². The summed E-state index contributed by atoms with van der Waals surface area (Å²) in [4.78, 5) is 3.93. The summed E-state index contributed by atoms with van der Waals surface area (Å²) in [5, 5.41) is 3.26. The van der Waals surface area contributed by atoms with Gasteiger partial charge in [0, 0.05) is 13.1 Å². The number of aliphatic imine (C=N–C) groups is 1. The third-order valence-electron chi connectivity index (χ3n) is 1.83. The lowest BCUT2D eigenvalue weighted by Crippen LogP contribution is -2.14. The summed E-state index contributed by atoms with van der Waals surface area (Å²) >= 11 is 2.04. The average molecular weight is 315 g/mol. The largest absolute Gasteiger partial charge is 0.384 e. The van der Waals surface area contributed by atoms with E-state index >= 15 is 0 Å². The van der Waals surface area contributed by atoms with Gasteiger partial charge in [-0.2, -0.15) is 0 Å². The van der Waals surface area contributed by atoms with Crippen molar-refractivity contribution < 1.29 is 0 Å². The number of benzene rings is 1. The molecule has 0 saturated heterocycles. The zero-order valence-corrected chi connectivity index (χ0v) is 10.5. The Balaban J connectivity index is 2.25. The molecule has 0 aliphatic carbocycles. The zero-order valence-electron chi connectivity index (χ0n) is 8.36. The Morgan fingerprint density at radius 3 is 2.80 bits per heavy atom. The fraction of sp³-hybridized carbons (Fsp3) is 0.182. The van der Waals surface area contributed by atoms with E-state index in [1.165, 1.54) is 5.56 Å². The van der Waals surface area contributed by atoms with Crippen LogP contribution in [0.1, 0.15) is 5.56 Å². The van der Waals surface area contributed by atoms with E-state index in [0.29, 0.717) is 5.82 Å². The average Bonchev–Trinajstić information content (AvgIpc) is 2.26. The Labute approximate surface area is 104 Å². The highest BCUT2D eigenvalue weighted by molar-refractivity contribution is 14.1. The van der Waals surface area contributed by atoms with Crippen molar-refractivity contribution in [2.45, 2.75) is 6.54 Å². The highest BCUT2D eigenvalue weighted by atomic mass is 127. The molecule has 0 radical (unpaired) electrons. The Bertz CT molecular complexity index is 333. The molecule has 0 fully saturated rings. The number of rotatable bonds is 5. The van der Waals surface area contributed by atoms with Crippen molar-refractivity contribution in [2.75, 3.05) is 6.54 Å². The molecule has 0 aliphatic rings. The van der Waals surface area contributed by atoms with Gasteiger partial charge in [0.05, 0.1) is 4.22 Å². The summed E-state index contributed by atoms with van der Waals surface area (Å²) < 4.78 is 1.65. The van der Waals surface area contributed by atoms with Crippen molar-refractivity contribution in [3.05, 3.63) is 47.8 Å². The second-order valence-electron chi connectivity index (χ2n) is 2.97. The van der Waals surface area contributed by atoms with E-state index in [1.807, 2.05) is 46.9 Å². The summed E-state index contributed by atoms with van der Waals surface area (Å²) in [6, 6.07) is 10.2. The van der Waals surface area contributed by atoms with Crippen LogP contribution in [0, 0.1) is 0 Å². The first-order valence-corrected chi connectivity index (χ1v) is 5.90. The van der Waals surface area contributed by atoms with Gasteiger partial charge in [0.15, 0.2) is 0 Å². The van der Waals surface area contributed by atoms with Gasteiger partial charge in [-0.05, 0) is 34.2 Å². The number of hydrogen-bond acceptors (Lipinski definition) is 3. The van der Waals surface area contributed by atoms with Gasteiger partial charge in [-0.15, -0.1) is 0 Å². The molecule has 0 spiro atoms. The van der Waals surface area contributed by atoms with Crippen LogP contribution in [0.25, 0.3) is 0 Å². The van der Waals surface area contributed by atoms with E-state index < -0.39 is 0 Å². The monoisotopic (exact) mass is 315 g/mol. The predicted molar refractivity (Wildman–Crippen MR) is 72.9 cm³/mol. The molecule has 0 heterocycles. The molecule has 1 aromatic rings. The maximum absolute atomic E-state index is 5.58. The number of nitrogens with two attached hydrogens (primary N) is 1. The molecule has 80 valence electrons. The van der Waals surface area contributed by atoms with E-state index in [2.05, 4.69) is 22.4 Å². The SMILES string of the molecule is NC(=C/CNCc1ccccc1)/N=C\I. The van der Waals surface area contributed by atoms with Crippen molar-refractivity contribution in [2.24, 2.45) is 10.7 Å². The molecule has 0 aliphatic heterocycles. The minimum atomic E-state index is 0.546. The maximum atomic E-state index is 5.58. The molecule has 0 atom stereocenters. The van der Waals surface area contributed by atoms with Gasteiger partial charge in [-0.25, -0.2) is 4.99 Å². The summed E-state index contributed by atoms with van der Waals surface area (Å²) in [6.45, 7) is 1.58. The normalized spacial score (nSPS) is 12.2. The highest BCUT2D eigenvalue weighted by Crippen LogP contribution is 1.96. The van der Waals surface area contributed by atoms with Crippen LogP contribution in [-0.2, 0) is 6.54 Å². The number of hydrogen-bond donors (Lipinski definition) is 2. The summed E-state index contributed by atoms with van der Waals surface area (Å²) in [6.07, 6.45) is 1.86. The van der Waals surface area contributed by atoms with E-state index in [1.54, 1.807) is 4.22 Å². The molecule has 0 bridgehead atoms. The van der Waals surface area contributed by atoms with Crippen LogP contribution in [0.2, 0.25) is 0 Å². The predicted octanol–water partition coefficient (Wildman–Crippen LogP) is 2.04. The number of nitrogens with zero attached hydrogens (tertiary/aromatic N) is 1. The van der Waals surface area contributed by atoms with Crippen molar-refractivity contribution >= 4 is 26.8 Å². The van der Waals surface area contributed by atoms with E-state index in [0.717, 1.165) is 13.1 Å². The molecule has 4 heteroatoms. The van der Waals surface area contributed by atoms with Gasteiger partial charge in [-0.3, -0.25) is 0 Å². The molecule has 0 unspecified atom stereocenters. The van der Waals surface area contributed by atoms with Crippen LogP contribution in [0.5, 0.6) is 0 Å². The Morgan fingerprint density at radius 1 is 1.40 bits per heavy atom. The first-order valence-electron chi connectivity index (χ1n) is 4.66. The number of halogens is 1. The lowest BCUT2D eigenvalue weighted by molar-refractivity contribution is 0.756. The van der Waals surface area contributed by atoms with Crippen LogP contribution in [-0.4, -0.2) is 10.8 Å². The fourth-order valence-corrected chi connectivity index (χ4v) is 1.42. The molecular weight excluding hydrogens is 301 g/mol. The summed E-state index contributed by atoms with van der Waals surface area (Å²) in [7, 11) is 0. The Morgan fingerprint density at radius 2 is 2.13 bits per heavy atom. The lowest BCUT2D eigenvalue weighted by atomic mass is 10.2. The second-order valence-corrected chi connectivity index (χ2v) is 3.53. The minimum Gasteiger partial charge on any atom is -0.384 e. The van der Waals surface area contributed by atoms with Gasteiger partial charge in [0.25, 0.3) is 0 Å². The Hall–Kier alpha value is -0.880. The molecule has 1 aromatic carbocycles.